The summed E-state index contributed by atoms with van der Waals surface area (Å²) in [5.41, 5.74) is 5.79. The van der Waals surface area contributed by atoms with Crippen molar-refractivity contribution in [2.24, 2.45) is 0 Å². The van der Waals surface area contributed by atoms with E-state index in [0.29, 0.717) is 5.56 Å². The zero-order valence-electron chi connectivity index (χ0n) is 21.4. The number of carbonyl (C=O) groups is 2. The summed E-state index contributed by atoms with van der Waals surface area (Å²) in [7, 11) is 0. The lowest BCUT2D eigenvalue weighted by Crippen LogP contribution is -2.39. The van der Waals surface area contributed by atoms with E-state index in [1.807, 2.05) is 43.3 Å². The Hall–Kier alpha value is -3.60. The van der Waals surface area contributed by atoms with Crippen LogP contribution in [0.4, 0.5) is 0 Å². The van der Waals surface area contributed by atoms with Gasteiger partial charge in [0.05, 0.1) is 0 Å². The molecule has 1 atom stereocenters. The minimum Gasteiger partial charge on any atom is -0.487 e. The number of amides is 1. The van der Waals surface area contributed by atoms with Crippen LogP contribution in [0.1, 0.15) is 64.9 Å². The van der Waals surface area contributed by atoms with Gasteiger partial charge in [-0.05, 0) is 73.6 Å². The van der Waals surface area contributed by atoms with Crippen LogP contribution in [0, 0.1) is 6.92 Å². The van der Waals surface area contributed by atoms with Gasteiger partial charge in [-0.1, -0.05) is 67.4 Å². The number of carboxylic acids is 1. The highest BCUT2D eigenvalue weighted by Crippen LogP contribution is 2.36. The van der Waals surface area contributed by atoms with Crippen LogP contribution >= 0.6 is 0 Å². The third-order valence-electron chi connectivity index (χ3n) is 6.83. The first-order valence-corrected chi connectivity index (χ1v) is 12.7. The van der Waals surface area contributed by atoms with Crippen LogP contribution in [0.2, 0.25) is 0 Å². The molecule has 1 aliphatic rings. The van der Waals surface area contributed by atoms with Crippen molar-refractivity contribution in [1.82, 2.24) is 4.90 Å². The first kappa shape index (κ1) is 25.5. The van der Waals surface area contributed by atoms with Crippen LogP contribution < -0.4 is 4.74 Å². The van der Waals surface area contributed by atoms with Gasteiger partial charge in [0.1, 0.15) is 17.9 Å². The van der Waals surface area contributed by atoms with E-state index < -0.39 is 5.97 Å². The molecule has 3 aromatic carbocycles. The zero-order valence-corrected chi connectivity index (χ0v) is 21.4. The molecule has 0 unspecified atom stereocenters. The lowest BCUT2D eigenvalue weighted by atomic mass is 9.86. The molecule has 5 nitrogen and oxygen atoms in total. The van der Waals surface area contributed by atoms with Crippen molar-refractivity contribution < 1.29 is 19.4 Å². The Bertz CT molecular complexity index is 1220. The summed E-state index contributed by atoms with van der Waals surface area (Å²) >= 11 is 0. The zero-order chi connectivity index (χ0) is 25.7. The van der Waals surface area contributed by atoms with Crippen LogP contribution in [-0.2, 0) is 30.6 Å². The minimum absolute atomic E-state index is 0.244. The standard InChI is InChI=1S/C31H35NO4/c1-4-5-23-10-12-24(13-11-23)19-31(3)17-16-26-18-27(14-15-28(26)36-31)30(35)32(21-29(33)34)20-25-8-6-22(2)7-9-25/h6-15,18H,4-5,16-17,19-21H2,1-3H3,(H,33,34)/t31-/m1/s1. The Morgan fingerprint density at radius 3 is 2.31 bits per heavy atom. The Morgan fingerprint density at radius 2 is 1.64 bits per heavy atom. The molecule has 0 saturated carbocycles. The molecule has 1 aliphatic heterocycles. The summed E-state index contributed by atoms with van der Waals surface area (Å²) in [6, 6.07) is 22.0. The van der Waals surface area contributed by atoms with Crippen molar-refractivity contribution in [2.45, 2.75) is 65.0 Å². The highest BCUT2D eigenvalue weighted by Gasteiger charge is 2.32. The molecular formula is C31H35NO4. The maximum absolute atomic E-state index is 13.3. The number of ether oxygens (including phenoxy) is 1. The summed E-state index contributed by atoms with van der Waals surface area (Å²) in [6.07, 6.45) is 4.70. The average molecular weight is 486 g/mol. The number of carbonyl (C=O) groups excluding carboxylic acids is 1. The number of rotatable bonds is 9. The van der Waals surface area contributed by atoms with Crippen LogP contribution in [0.15, 0.2) is 66.7 Å². The maximum Gasteiger partial charge on any atom is 0.323 e. The number of nitrogens with zero attached hydrogens (tertiary/aromatic N) is 1. The van der Waals surface area contributed by atoms with E-state index in [1.54, 1.807) is 6.07 Å². The monoisotopic (exact) mass is 485 g/mol. The second-order valence-corrected chi connectivity index (χ2v) is 10.2. The van der Waals surface area contributed by atoms with Gasteiger partial charge in [0.25, 0.3) is 5.91 Å². The molecule has 5 heteroatoms. The van der Waals surface area contributed by atoms with E-state index in [-0.39, 0.29) is 24.6 Å². The van der Waals surface area contributed by atoms with Crippen molar-refractivity contribution >= 4 is 11.9 Å². The quantitative estimate of drug-likeness (QED) is 0.404. The lowest BCUT2D eigenvalue weighted by Gasteiger charge is -2.36. The fourth-order valence-electron chi connectivity index (χ4n) is 4.85. The number of hydrogen-bond acceptors (Lipinski definition) is 3. The molecule has 0 radical (unpaired) electrons. The van der Waals surface area contributed by atoms with Crippen LogP contribution in [0.25, 0.3) is 0 Å². The van der Waals surface area contributed by atoms with Gasteiger partial charge < -0.3 is 14.7 Å². The third kappa shape index (κ3) is 6.34. The number of aliphatic carboxylic acids is 1. The molecule has 36 heavy (non-hydrogen) atoms. The van der Waals surface area contributed by atoms with E-state index in [1.165, 1.54) is 16.0 Å². The van der Waals surface area contributed by atoms with Crippen LogP contribution in [-0.4, -0.2) is 34.0 Å². The average Bonchev–Trinajstić information content (AvgIpc) is 2.85. The van der Waals surface area contributed by atoms with Crippen molar-refractivity contribution in [3.63, 3.8) is 0 Å². The summed E-state index contributed by atoms with van der Waals surface area (Å²) in [5.74, 6) is -0.525. The molecular weight excluding hydrogens is 450 g/mol. The largest absolute Gasteiger partial charge is 0.487 e. The van der Waals surface area contributed by atoms with E-state index in [9.17, 15) is 14.7 Å². The molecule has 0 spiro atoms. The number of fused-ring (bicyclic) bond motifs is 1. The minimum atomic E-state index is -1.03. The van der Waals surface area contributed by atoms with Crippen molar-refractivity contribution in [3.05, 3.63) is 100 Å². The first-order chi connectivity index (χ1) is 17.2. The normalized spacial score (nSPS) is 16.6. The van der Waals surface area contributed by atoms with Gasteiger partial charge in [-0.25, -0.2) is 0 Å². The van der Waals surface area contributed by atoms with E-state index >= 15 is 0 Å². The van der Waals surface area contributed by atoms with Crippen molar-refractivity contribution in [3.8, 4) is 5.75 Å². The predicted octanol–water partition coefficient (Wildman–Crippen LogP) is 6.00. The topological polar surface area (TPSA) is 66.8 Å². The third-order valence-corrected chi connectivity index (χ3v) is 6.83. The lowest BCUT2D eigenvalue weighted by molar-refractivity contribution is -0.137. The van der Waals surface area contributed by atoms with Crippen molar-refractivity contribution in [1.29, 1.82) is 0 Å². The summed E-state index contributed by atoms with van der Waals surface area (Å²) in [6.45, 7) is 6.22. The van der Waals surface area contributed by atoms with Crippen LogP contribution in [0.5, 0.6) is 5.75 Å². The molecule has 4 rings (SSSR count). The molecule has 188 valence electrons. The van der Waals surface area contributed by atoms with Gasteiger partial charge >= 0.3 is 5.97 Å². The first-order valence-electron chi connectivity index (χ1n) is 12.7. The molecule has 0 saturated heterocycles. The SMILES string of the molecule is CCCc1ccc(C[C@@]2(C)CCc3cc(C(=O)N(CC(=O)O)Cc4ccc(C)cc4)ccc3O2)cc1. The molecule has 0 aromatic heterocycles. The summed E-state index contributed by atoms with van der Waals surface area (Å²) in [5, 5.41) is 9.40. The Labute approximate surface area is 213 Å². The molecule has 0 fully saturated rings. The van der Waals surface area contributed by atoms with Crippen LogP contribution in [0.3, 0.4) is 0 Å². The molecule has 3 aromatic rings. The summed E-state index contributed by atoms with van der Waals surface area (Å²) in [4.78, 5) is 26.2. The van der Waals surface area contributed by atoms with Gasteiger partial charge in [-0.2, -0.15) is 0 Å². The number of hydrogen-bond donors (Lipinski definition) is 1. The van der Waals surface area contributed by atoms with E-state index in [4.69, 9.17) is 4.74 Å². The fourth-order valence-corrected chi connectivity index (χ4v) is 4.85. The van der Waals surface area contributed by atoms with Gasteiger partial charge in [0.15, 0.2) is 0 Å². The molecule has 1 amide bonds. The number of aryl methyl sites for hydroxylation is 3. The van der Waals surface area contributed by atoms with Crippen molar-refractivity contribution in [2.75, 3.05) is 6.54 Å². The van der Waals surface area contributed by atoms with Gasteiger partial charge in [0, 0.05) is 18.5 Å². The predicted molar refractivity (Wildman–Crippen MR) is 141 cm³/mol. The Kier molecular flexibility index (Phi) is 7.78. The number of benzene rings is 3. The highest BCUT2D eigenvalue weighted by molar-refractivity contribution is 5.96. The highest BCUT2D eigenvalue weighted by atomic mass is 16.5. The Morgan fingerprint density at radius 1 is 0.972 bits per heavy atom. The maximum atomic E-state index is 13.3. The van der Waals surface area contributed by atoms with Gasteiger partial charge in [0.2, 0.25) is 0 Å². The molecule has 0 bridgehead atoms. The molecule has 1 N–H and O–H groups in total. The molecule has 1 heterocycles. The van der Waals surface area contributed by atoms with Gasteiger partial charge in [-0.15, -0.1) is 0 Å². The van der Waals surface area contributed by atoms with E-state index in [0.717, 1.165) is 54.5 Å². The smallest absolute Gasteiger partial charge is 0.323 e. The molecule has 0 aliphatic carbocycles. The second kappa shape index (κ2) is 11.0. The Balaban J connectivity index is 1.47. The number of carboxylic acid groups (broad SMARTS) is 1. The summed E-state index contributed by atoms with van der Waals surface area (Å²) < 4.78 is 6.45. The fraction of sp³-hybridized carbons (Fsp3) is 0.355. The van der Waals surface area contributed by atoms with E-state index in [2.05, 4.69) is 38.1 Å². The van der Waals surface area contributed by atoms with Gasteiger partial charge in [-0.3, -0.25) is 9.59 Å². The second-order valence-electron chi connectivity index (χ2n) is 10.2.